The first-order chi connectivity index (χ1) is 3.95. The molecular weight excluding hydrogens is 148 g/mol. The zero-order valence-electron chi connectivity index (χ0n) is 4.52. The third-order valence-electron chi connectivity index (χ3n) is 0.478. The minimum atomic E-state index is -4.44. The van der Waals surface area contributed by atoms with E-state index in [2.05, 4.69) is 4.18 Å². The molecule has 7 heteroatoms. The van der Waals surface area contributed by atoms with Crippen LogP contribution in [-0.2, 0) is 14.6 Å². The fourth-order valence-electron chi connectivity index (χ4n) is 0.195. The van der Waals surface area contributed by atoms with Crippen molar-refractivity contribution in [3.63, 3.8) is 0 Å². The summed E-state index contributed by atoms with van der Waals surface area (Å²) < 4.78 is 31.3. The summed E-state index contributed by atoms with van der Waals surface area (Å²) in [5.41, 5.74) is 9.73. The van der Waals surface area contributed by atoms with E-state index in [4.69, 9.17) is 16.0 Å². The summed E-state index contributed by atoms with van der Waals surface area (Å²) in [5.74, 6) is 0. The van der Waals surface area contributed by atoms with Crippen LogP contribution in [0.2, 0.25) is 0 Å². The van der Waals surface area contributed by atoms with Crippen LogP contribution in [-0.4, -0.2) is 25.7 Å². The molecule has 56 valence electrons. The summed E-state index contributed by atoms with van der Waals surface area (Å²) in [6.45, 7) is -0.167. The molecule has 0 saturated carbocycles. The van der Waals surface area contributed by atoms with Crippen LogP contribution >= 0.6 is 0 Å². The highest BCUT2D eigenvalue weighted by atomic mass is 32.3. The second-order valence-electron chi connectivity index (χ2n) is 1.30. The van der Waals surface area contributed by atoms with Crippen molar-refractivity contribution in [1.29, 1.82) is 0 Å². The predicted octanol–water partition coefficient (Wildman–Crippen LogP) is -1.95. The van der Waals surface area contributed by atoms with Crippen LogP contribution in [0.25, 0.3) is 0 Å². The molecule has 0 aromatic rings. The molecule has 0 saturated heterocycles. The van der Waals surface area contributed by atoms with Crippen molar-refractivity contribution >= 4 is 10.4 Å². The van der Waals surface area contributed by atoms with Gasteiger partial charge in [0, 0.05) is 6.54 Å². The van der Waals surface area contributed by atoms with Crippen LogP contribution in [0.5, 0.6) is 0 Å². The lowest BCUT2D eigenvalue weighted by molar-refractivity contribution is 0.194. The average Bonchev–Trinajstić information content (AvgIpc) is 1.62. The van der Waals surface area contributed by atoms with E-state index in [1.807, 2.05) is 0 Å². The SMILES string of the molecule is NC[C@H](N)OS(=O)(=O)O. The molecular formula is C2H8N2O4S. The van der Waals surface area contributed by atoms with E-state index in [-0.39, 0.29) is 6.54 Å². The summed E-state index contributed by atoms with van der Waals surface area (Å²) in [7, 11) is -4.44. The lowest BCUT2D eigenvalue weighted by Crippen LogP contribution is -2.34. The zero-order valence-corrected chi connectivity index (χ0v) is 5.34. The van der Waals surface area contributed by atoms with Crippen LogP contribution in [0.15, 0.2) is 0 Å². The van der Waals surface area contributed by atoms with Crippen molar-refractivity contribution in [2.24, 2.45) is 11.5 Å². The number of nitrogens with two attached hydrogens (primary N) is 2. The summed E-state index contributed by atoms with van der Waals surface area (Å²) in [5, 5.41) is 0. The van der Waals surface area contributed by atoms with Gasteiger partial charge in [0.1, 0.15) is 6.23 Å². The molecule has 0 heterocycles. The van der Waals surface area contributed by atoms with E-state index >= 15 is 0 Å². The maximum atomic E-state index is 9.80. The first-order valence-electron chi connectivity index (χ1n) is 2.07. The van der Waals surface area contributed by atoms with Crippen molar-refractivity contribution in [3.8, 4) is 0 Å². The third-order valence-corrected chi connectivity index (χ3v) is 0.968. The van der Waals surface area contributed by atoms with Gasteiger partial charge in [-0.1, -0.05) is 0 Å². The van der Waals surface area contributed by atoms with Crippen LogP contribution < -0.4 is 11.5 Å². The van der Waals surface area contributed by atoms with Crippen molar-refractivity contribution in [2.45, 2.75) is 6.23 Å². The number of hydrogen-bond acceptors (Lipinski definition) is 5. The van der Waals surface area contributed by atoms with Gasteiger partial charge < -0.3 is 11.5 Å². The molecule has 6 nitrogen and oxygen atoms in total. The Kier molecular flexibility index (Phi) is 3.01. The monoisotopic (exact) mass is 156 g/mol. The van der Waals surface area contributed by atoms with E-state index in [1.165, 1.54) is 0 Å². The molecule has 9 heavy (non-hydrogen) atoms. The van der Waals surface area contributed by atoms with Gasteiger partial charge in [-0.25, -0.2) is 4.18 Å². The van der Waals surface area contributed by atoms with Gasteiger partial charge in [-0.05, 0) is 0 Å². The highest BCUT2D eigenvalue weighted by molar-refractivity contribution is 7.80. The fraction of sp³-hybridized carbons (Fsp3) is 1.00. The van der Waals surface area contributed by atoms with Gasteiger partial charge in [0.05, 0.1) is 0 Å². The third kappa shape index (κ3) is 5.66. The molecule has 0 aromatic carbocycles. The van der Waals surface area contributed by atoms with E-state index in [9.17, 15) is 8.42 Å². The first kappa shape index (κ1) is 8.79. The van der Waals surface area contributed by atoms with Crippen molar-refractivity contribution in [1.82, 2.24) is 0 Å². The van der Waals surface area contributed by atoms with Crippen LogP contribution in [0.4, 0.5) is 0 Å². The average molecular weight is 156 g/mol. The van der Waals surface area contributed by atoms with E-state index in [0.29, 0.717) is 0 Å². The van der Waals surface area contributed by atoms with E-state index in [0.717, 1.165) is 0 Å². The maximum absolute atomic E-state index is 9.80. The largest absolute Gasteiger partial charge is 0.398 e. The molecule has 0 aliphatic rings. The molecule has 0 amide bonds. The Morgan fingerprint density at radius 3 is 2.22 bits per heavy atom. The van der Waals surface area contributed by atoms with Gasteiger partial charge >= 0.3 is 10.4 Å². The molecule has 1 atom stereocenters. The number of hydrogen-bond donors (Lipinski definition) is 3. The van der Waals surface area contributed by atoms with Gasteiger partial charge in [-0.2, -0.15) is 8.42 Å². The van der Waals surface area contributed by atoms with Gasteiger partial charge in [0.15, 0.2) is 0 Å². The summed E-state index contributed by atoms with van der Waals surface area (Å²) in [6, 6.07) is 0. The molecule has 0 unspecified atom stereocenters. The quantitative estimate of drug-likeness (QED) is 0.323. The Balaban J connectivity index is 3.75. The first-order valence-corrected chi connectivity index (χ1v) is 3.43. The molecule has 0 aromatic heterocycles. The van der Waals surface area contributed by atoms with Gasteiger partial charge in [0.2, 0.25) is 0 Å². The fourth-order valence-corrected chi connectivity index (χ4v) is 0.586. The Hall–Kier alpha value is -0.210. The summed E-state index contributed by atoms with van der Waals surface area (Å²) >= 11 is 0. The predicted molar refractivity (Wildman–Crippen MR) is 29.7 cm³/mol. The van der Waals surface area contributed by atoms with Gasteiger partial charge in [-0.3, -0.25) is 4.55 Å². The topological polar surface area (TPSA) is 116 Å². The highest BCUT2D eigenvalue weighted by Crippen LogP contribution is 1.87. The second kappa shape index (κ2) is 3.08. The Morgan fingerprint density at radius 1 is 1.67 bits per heavy atom. The normalized spacial score (nSPS) is 15.4. The zero-order chi connectivity index (χ0) is 7.49. The van der Waals surface area contributed by atoms with Crippen molar-refractivity contribution < 1.29 is 17.2 Å². The number of rotatable bonds is 3. The van der Waals surface area contributed by atoms with Crippen molar-refractivity contribution in [3.05, 3.63) is 0 Å². The Bertz CT molecular complexity index is 163. The second-order valence-corrected chi connectivity index (χ2v) is 2.35. The maximum Gasteiger partial charge on any atom is 0.398 e. The smallest absolute Gasteiger partial charge is 0.327 e. The molecule has 0 bridgehead atoms. The highest BCUT2D eigenvalue weighted by Gasteiger charge is 2.09. The molecule has 0 aliphatic heterocycles. The van der Waals surface area contributed by atoms with Gasteiger partial charge in [0.25, 0.3) is 0 Å². The van der Waals surface area contributed by atoms with Crippen LogP contribution in [0.3, 0.4) is 0 Å². The summed E-state index contributed by atoms with van der Waals surface area (Å²) in [4.78, 5) is 0. The van der Waals surface area contributed by atoms with E-state index < -0.39 is 16.6 Å². The standard InChI is InChI=1S/C2H8N2O4S/c3-1-2(4)8-9(5,6)7/h2H,1,3-4H2,(H,5,6,7)/t2-/m1/s1. The lowest BCUT2D eigenvalue weighted by Gasteiger charge is -2.04. The van der Waals surface area contributed by atoms with Gasteiger partial charge in [-0.15, -0.1) is 0 Å². The molecule has 5 N–H and O–H groups in total. The lowest BCUT2D eigenvalue weighted by atomic mass is 10.6. The molecule has 0 radical (unpaired) electrons. The molecule has 0 rings (SSSR count). The Morgan fingerprint density at radius 2 is 2.11 bits per heavy atom. The minimum absolute atomic E-state index is 0.167. The van der Waals surface area contributed by atoms with E-state index in [1.54, 1.807) is 0 Å². The molecule has 0 spiro atoms. The summed E-state index contributed by atoms with van der Waals surface area (Å²) in [6.07, 6.45) is -1.17. The Labute approximate surface area is 52.7 Å². The molecule has 0 aliphatic carbocycles. The van der Waals surface area contributed by atoms with Crippen LogP contribution in [0, 0.1) is 0 Å². The van der Waals surface area contributed by atoms with Crippen LogP contribution in [0.1, 0.15) is 0 Å². The van der Waals surface area contributed by atoms with Crippen molar-refractivity contribution in [2.75, 3.05) is 6.54 Å². The molecule has 0 fully saturated rings. The minimum Gasteiger partial charge on any atom is -0.327 e.